The molecular formula is C20H31N3O3. The van der Waals surface area contributed by atoms with Crippen molar-refractivity contribution in [3.63, 3.8) is 0 Å². The van der Waals surface area contributed by atoms with Crippen molar-refractivity contribution >= 4 is 17.6 Å². The van der Waals surface area contributed by atoms with E-state index in [0.717, 1.165) is 37.1 Å². The van der Waals surface area contributed by atoms with Gasteiger partial charge in [-0.25, -0.2) is 0 Å². The number of carbonyl (C=O) groups excluding carboxylic acids is 1. The quantitative estimate of drug-likeness (QED) is 0.596. The van der Waals surface area contributed by atoms with Gasteiger partial charge >= 0.3 is 5.97 Å². The summed E-state index contributed by atoms with van der Waals surface area (Å²) in [6.45, 7) is 6.94. The van der Waals surface area contributed by atoms with Crippen LogP contribution in [0.4, 0.5) is 5.69 Å². The van der Waals surface area contributed by atoms with Crippen LogP contribution in [0.5, 0.6) is 0 Å². The summed E-state index contributed by atoms with van der Waals surface area (Å²) in [6.07, 6.45) is 3.18. The number of hydrogen-bond acceptors (Lipinski definition) is 4. The van der Waals surface area contributed by atoms with E-state index in [1.165, 1.54) is 0 Å². The molecule has 1 aromatic carbocycles. The van der Waals surface area contributed by atoms with Crippen molar-refractivity contribution in [1.29, 1.82) is 0 Å². The molecule has 1 aromatic rings. The predicted octanol–water partition coefficient (Wildman–Crippen LogP) is 2.49. The third-order valence-electron chi connectivity index (χ3n) is 5.06. The molecule has 3 N–H and O–H groups in total. The van der Waals surface area contributed by atoms with Crippen molar-refractivity contribution in [2.75, 3.05) is 18.4 Å². The summed E-state index contributed by atoms with van der Waals surface area (Å²) in [4.78, 5) is 25.2. The molecule has 1 amide bonds. The molecule has 1 aliphatic rings. The summed E-state index contributed by atoms with van der Waals surface area (Å²) in [5, 5.41) is 15.4. The number of anilines is 1. The van der Waals surface area contributed by atoms with Crippen LogP contribution in [0.15, 0.2) is 24.3 Å². The number of aliphatic carboxylic acids is 1. The predicted molar refractivity (Wildman–Crippen MR) is 103 cm³/mol. The number of carboxylic acid groups (broad SMARTS) is 1. The largest absolute Gasteiger partial charge is 0.480 e. The molecule has 1 unspecified atom stereocenters. The smallest absolute Gasteiger partial charge is 0.317 e. The number of rotatable bonds is 10. The maximum Gasteiger partial charge on any atom is 0.317 e. The van der Waals surface area contributed by atoms with E-state index in [2.05, 4.69) is 17.6 Å². The fourth-order valence-electron chi connectivity index (χ4n) is 3.59. The lowest BCUT2D eigenvalue weighted by molar-refractivity contribution is -0.139. The molecule has 0 spiro atoms. The summed E-state index contributed by atoms with van der Waals surface area (Å²) in [5.74, 6) is -0.761. The Kier molecular flexibility index (Phi) is 7.60. The van der Waals surface area contributed by atoms with Gasteiger partial charge in [-0.05, 0) is 44.4 Å². The van der Waals surface area contributed by atoms with Gasteiger partial charge in [0, 0.05) is 30.2 Å². The van der Waals surface area contributed by atoms with Crippen molar-refractivity contribution in [2.24, 2.45) is 0 Å². The Bertz CT molecular complexity index is 614. The first kappa shape index (κ1) is 20.4. The first-order valence-corrected chi connectivity index (χ1v) is 9.52. The summed E-state index contributed by atoms with van der Waals surface area (Å²) in [7, 11) is 0. The van der Waals surface area contributed by atoms with Crippen LogP contribution < -0.4 is 10.6 Å². The number of nitrogens with zero attached hydrogens (tertiary/aromatic N) is 1. The van der Waals surface area contributed by atoms with E-state index in [9.17, 15) is 9.59 Å². The highest BCUT2D eigenvalue weighted by Crippen LogP contribution is 2.26. The van der Waals surface area contributed by atoms with Crippen molar-refractivity contribution < 1.29 is 14.7 Å². The van der Waals surface area contributed by atoms with Gasteiger partial charge in [0.25, 0.3) is 0 Å². The maximum atomic E-state index is 12.3. The zero-order valence-electron chi connectivity index (χ0n) is 16.0. The Morgan fingerprint density at radius 3 is 2.58 bits per heavy atom. The van der Waals surface area contributed by atoms with Crippen LogP contribution in [0, 0.1) is 0 Å². The van der Waals surface area contributed by atoms with Crippen LogP contribution in [0.1, 0.15) is 45.6 Å². The monoisotopic (exact) mass is 361 g/mol. The minimum atomic E-state index is -0.777. The summed E-state index contributed by atoms with van der Waals surface area (Å²) in [5.41, 5.74) is 2.03. The van der Waals surface area contributed by atoms with Crippen LogP contribution in [0.3, 0.4) is 0 Å². The highest BCUT2D eigenvalue weighted by Gasteiger charge is 2.34. The van der Waals surface area contributed by atoms with Gasteiger partial charge in [-0.1, -0.05) is 32.0 Å². The first-order chi connectivity index (χ1) is 12.4. The minimum Gasteiger partial charge on any atom is -0.480 e. The average Bonchev–Trinajstić information content (AvgIpc) is 2.56. The second kappa shape index (κ2) is 9.69. The van der Waals surface area contributed by atoms with Gasteiger partial charge in [-0.2, -0.15) is 0 Å². The van der Waals surface area contributed by atoms with Crippen molar-refractivity contribution in [3.05, 3.63) is 29.8 Å². The van der Waals surface area contributed by atoms with Crippen LogP contribution >= 0.6 is 0 Å². The molecule has 0 aliphatic heterocycles. The Morgan fingerprint density at radius 2 is 1.96 bits per heavy atom. The van der Waals surface area contributed by atoms with E-state index in [1.807, 2.05) is 43.0 Å². The third kappa shape index (κ3) is 5.81. The fraction of sp³-hybridized carbons (Fsp3) is 0.600. The zero-order valence-corrected chi connectivity index (χ0v) is 16.0. The first-order valence-electron chi connectivity index (χ1n) is 9.52. The van der Waals surface area contributed by atoms with E-state index in [4.69, 9.17) is 5.11 Å². The van der Waals surface area contributed by atoms with Crippen LogP contribution in [0.25, 0.3) is 0 Å². The normalized spacial score (nSPS) is 20.5. The molecule has 144 valence electrons. The molecule has 1 aliphatic carbocycles. The lowest BCUT2D eigenvalue weighted by atomic mass is 9.84. The number of benzene rings is 1. The van der Waals surface area contributed by atoms with E-state index in [-0.39, 0.29) is 18.5 Å². The van der Waals surface area contributed by atoms with Gasteiger partial charge in [0.2, 0.25) is 5.91 Å². The maximum absolute atomic E-state index is 12.3. The third-order valence-corrected chi connectivity index (χ3v) is 5.06. The van der Waals surface area contributed by atoms with Gasteiger partial charge in [0.1, 0.15) is 0 Å². The number of likely N-dealkylation sites (N-methyl/N-ethyl adjacent to an activating group) is 1. The Hall–Kier alpha value is -1.92. The standard InChI is InChI=1S/C20H31N3O3/c1-4-15-8-6-7-9-18(15)22-19(24)10-14(3)21-16-11-17(12-16)23(5-2)13-20(25)26/h6-9,14,16-17,21H,4-5,10-13H2,1-3H3,(H,22,24)(H,25,26). The lowest BCUT2D eigenvalue weighted by Crippen LogP contribution is -2.55. The van der Waals surface area contributed by atoms with E-state index < -0.39 is 5.97 Å². The fourth-order valence-corrected chi connectivity index (χ4v) is 3.59. The molecule has 0 aromatic heterocycles. The van der Waals surface area contributed by atoms with Crippen LogP contribution in [0.2, 0.25) is 0 Å². The number of nitrogens with one attached hydrogen (secondary N) is 2. The van der Waals surface area contributed by atoms with E-state index in [1.54, 1.807) is 0 Å². The topological polar surface area (TPSA) is 81.7 Å². The number of hydrogen-bond donors (Lipinski definition) is 3. The second-order valence-electron chi connectivity index (χ2n) is 7.11. The van der Waals surface area contributed by atoms with Crippen molar-refractivity contribution in [2.45, 2.75) is 64.6 Å². The van der Waals surface area contributed by atoms with Crippen molar-refractivity contribution in [3.8, 4) is 0 Å². The molecule has 2 rings (SSSR count). The number of amides is 1. The molecule has 0 radical (unpaired) electrons. The summed E-state index contributed by atoms with van der Waals surface area (Å²) in [6, 6.07) is 8.65. The average molecular weight is 361 g/mol. The highest BCUT2D eigenvalue weighted by molar-refractivity contribution is 5.91. The number of carboxylic acids is 1. The minimum absolute atomic E-state index is 0.0165. The SMILES string of the molecule is CCc1ccccc1NC(=O)CC(C)NC1CC(N(CC)CC(=O)O)C1. The van der Waals surface area contributed by atoms with Gasteiger partial charge in [-0.3, -0.25) is 14.5 Å². The molecule has 6 nitrogen and oxygen atoms in total. The molecule has 1 atom stereocenters. The molecule has 0 bridgehead atoms. The van der Waals surface area contributed by atoms with Gasteiger partial charge < -0.3 is 15.7 Å². The lowest BCUT2D eigenvalue weighted by Gasteiger charge is -2.43. The number of carbonyl (C=O) groups is 2. The van der Waals surface area contributed by atoms with Gasteiger partial charge in [0.15, 0.2) is 0 Å². The Morgan fingerprint density at radius 1 is 1.27 bits per heavy atom. The molecular weight excluding hydrogens is 330 g/mol. The van der Waals surface area contributed by atoms with E-state index in [0.29, 0.717) is 18.5 Å². The van der Waals surface area contributed by atoms with Crippen LogP contribution in [-0.2, 0) is 16.0 Å². The van der Waals surface area contributed by atoms with Crippen molar-refractivity contribution in [1.82, 2.24) is 10.2 Å². The Balaban J connectivity index is 1.73. The summed E-state index contributed by atoms with van der Waals surface area (Å²) < 4.78 is 0. The molecule has 0 saturated heterocycles. The second-order valence-corrected chi connectivity index (χ2v) is 7.11. The Labute approximate surface area is 156 Å². The van der Waals surface area contributed by atoms with Gasteiger partial charge in [0.05, 0.1) is 6.54 Å². The molecule has 1 saturated carbocycles. The highest BCUT2D eigenvalue weighted by atomic mass is 16.4. The zero-order chi connectivity index (χ0) is 19.1. The molecule has 26 heavy (non-hydrogen) atoms. The number of aryl methyl sites for hydroxylation is 1. The molecule has 6 heteroatoms. The summed E-state index contributed by atoms with van der Waals surface area (Å²) >= 11 is 0. The number of para-hydroxylation sites is 1. The van der Waals surface area contributed by atoms with Crippen LogP contribution in [-0.4, -0.2) is 53.1 Å². The molecule has 0 heterocycles. The van der Waals surface area contributed by atoms with E-state index >= 15 is 0 Å². The molecule has 1 fully saturated rings. The van der Waals surface area contributed by atoms with Gasteiger partial charge in [-0.15, -0.1) is 0 Å².